The lowest BCUT2D eigenvalue weighted by Crippen LogP contribution is -2.38. The van der Waals surface area contributed by atoms with E-state index in [1.54, 1.807) is 0 Å². The molecule has 1 atom stereocenters. The van der Waals surface area contributed by atoms with Gasteiger partial charge in [-0.3, -0.25) is 0 Å². The molecule has 1 fully saturated rings. The van der Waals surface area contributed by atoms with Crippen molar-refractivity contribution < 1.29 is 4.74 Å². The number of hydrogen-bond acceptors (Lipinski definition) is 2. The zero-order valence-electron chi connectivity index (χ0n) is 6.31. The van der Waals surface area contributed by atoms with Gasteiger partial charge in [0.15, 0.2) is 0 Å². The highest BCUT2D eigenvalue weighted by molar-refractivity contribution is 4.73. The summed E-state index contributed by atoms with van der Waals surface area (Å²) in [5.74, 6) is 0. The average Bonchev–Trinajstić information content (AvgIpc) is 2.03. The Morgan fingerprint density at radius 1 is 1.70 bits per heavy atom. The molecule has 1 rings (SSSR count). The lowest BCUT2D eigenvalue weighted by Gasteiger charge is -2.22. The zero-order chi connectivity index (χ0) is 7.23. The quantitative estimate of drug-likeness (QED) is 0.591. The first-order valence-electron chi connectivity index (χ1n) is 3.86. The number of rotatable bonds is 3. The molecule has 1 heterocycles. The van der Waals surface area contributed by atoms with Gasteiger partial charge in [0.05, 0.1) is 12.7 Å². The van der Waals surface area contributed by atoms with Gasteiger partial charge in [0.25, 0.3) is 0 Å². The summed E-state index contributed by atoms with van der Waals surface area (Å²) in [4.78, 5) is 0. The molecule has 1 aliphatic heterocycles. The van der Waals surface area contributed by atoms with Crippen LogP contribution in [0.25, 0.3) is 0 Å². The van der Waals surface area contributed by atoms with Crippen LogP contribution in [-0.2, 0) is 4.74 Å². The van der Waals surface area contributed by atoms with Crippen molar-refractivity contribution in [2.45, 2.75) is 18.9 Å². The van der Waals surface area contributed by atoms with E-state index in [4.69, 9.17) is 4.74 Å². The largest absolute Gasteiger partial charge is 0.376 e. The summed E-state index contributed by atoms with van der Waals surface area (Å²) >= 11 is 0. The van der Waals surface area contributed by atoms with Crippen molar-refractivity contribution in [2.75, 3.05) is 19.7 Å². The third-order valence-corrected chi connectivity index (χ3v) is 1.70. The van der Waals surface area contributed by atoms with Crippen LogP contribution in [0.4, 0.5) is 0 Å². The second kappa shape index (κ2) is 4.47. The minimum Gasteiger partial charge on any atom is -0.376 e. The SMILES string of the molecule is C=CCCC1CNCCO1. The third-order valence-electron chi connectivity index (χ3n) is 1.70. The Kier molecular flexibility index (Phi) is 3.47. The van der Waals surface area contributed by atoms with E-state index >= 15 is 0 Å². The summed E-state index contributed by atoms with van der Waals surface area (Å²) in [5, 5.41) is 3.28. The van der Waals surface area contributed by atoms with Crippen LogP contribution < -0.4 is 5.32 Å². The second-order valence-corrected chi connectivity index (χ2v) is 2.56. The highest BCUT2D eigenvalue weighted by Gasteiger charge is 2.10. The summed E-state index contributed by atoms with van der Waals surface area (Å²) in [7, 11) is 0. The van der Waals surface area contributed by atoms with E-state index in [0.717, 1.165) is 32.5 Å². The van der Waals surface area contributed by atoms with Gasteiger partial charge in [0.2, 0.25) is 0 Å². The van der Waals surface area contributed by atoms with Crippen LogP contribution in [0.1, 0.15) is 12.8 Å². The molecule has 0 aromatic rings. The molecule has 0 aliphatic carbocycles. The highest BCUT2D eigenvalue weighted by atomic mass is 16.5. The van der Waals surface area contributed by atoms with Gasteiger partial charge in [0.1, 0.15) is 0 Å². The molecular weight excluding hydrogens is 126 g/mol. The van der Waals surface area contributed by atoms with Gasteiger partial charge in [0, 0.05) is 13.1 Å². The molecule has 0 spiro atoms. The maximum Gasteiger partial charge on any atom is 0.0703 e. The topological polar surface area (TPSA) is 21.3 Å². The van der Waals surface area contributed by atoms with Crippen molar-refractivity contribution in [3.05, 3.63) is 12.7 Å². The minimum absolute atomic E-state index is 0.423. The van der Waals surface area contributed by atoms with Crippen LogP contribution in [-0.4, -0.2) is 25.8 Å². The van der Waals surface area contributed by atoms with Crippen LogP contribution in [0, 0.1) is 0 Å². The van der Waals surface area contributed by atoms with E-state index in [2.05, 4.69) is 11.9 Å². The Bertz CT molecular complexity index is 97.4. The molecule has 0 saturated carbocycles. The molecule has 2 nitrogen and oxygen atoms in total. The molecule has 0 aromatic heterocycles. The van der Waals surface area contributed by atoms with Crippen molar-refractivity contribution in [2.24, 2.45) is 0 Å². The number of ether oxygens (including phenoxy) is 1. The molecule has 0 bridgehead atoms. The molecule has 0 amide bonds. The Morgan fingerprint density at radius 2 is 2.60 bits per heavy atom. The summed E-state index contributed by atoms with van der Waals surface area (Å²) in [6, 6.07) is 0. The average molecular weight is 141 g/mol. The Hall–Kier alpha value is -0.340. The first-order chi connectivity index (χ1) is 4.93. The van der Waals surface area contributed by atoms with Gasteiger partial charge in [-0.25, -0.2) is 0 Å². The van der Waals surface area contributed by atoms with Gasteiger partial charge >= 0.3 is 0 Å². The predicted octanol–water partition coefficient (Wildman–Crippen LogP) is 0.941. The maximum atomic E-state index is 5.47. The van der Waals surface area contributed by atoms with Gasteiger partial charge < -0.3 is 10.1 Å². The third kappa shape index (κ3) is 2.50. The Balaban J connectivity index is 2.07. The van der Waals surface area contributed by atoms with E-state index < -0.39 is 0 Å². The molecule has 58 valence electrons. The lowest BCUT2D eigenvalue weighted by atomic mass is 10.2. The molecule has 0 radical (unpaired) electrons. The van der Waals surface area contributed by atoms with Gasteiger partial charge in [-0.15, -0.1) is 6.58 Å². The molecule has 1 N–H and O–H groups in total. The van der Waals surface area contributed by atoms with Gasteiger partial charge in [-0.2, -0.15) is 0 Å². The van der Waals surface area contributed by atoms with Crippen LogP contribution in [0.2, 0.25) is 0 Å². The van der Waals surface area contributed by atoms with E-state index in [0.29, 0.717) is 6.10 Å². The second-order valence-electron chi connectivity index (χ2n) is 2.56. The highest BCUT2D eigenvalue weighted by Crippen LogP contribution is 2.03. The van der Waals surface area contributed by atoms with Crippen molar-refractivity contribution >= 4 is 0 Å². The first kappa shape index (κ1) is 7.76. The standard InChI is InChI=1S/C8H15NO/c1-2-3-4-8-7-9-5-6-10-8/h2,8-9H,1,3-7H2. The number of hydrogen-bond donors (Lipinski definition) is 1. The monoisotopic (exact) mass is 141 g/mol. The summed E-state index contributed by atoms with van der Waals surface area (Å²) in [5.41, 5.74) is 0. The fourth-order valence-corrected chi connectivity index (χ4v) is 1.11. The van der Waals surface area contributed by atoms with Crippen LogP contribution in [0.15, 0.2) is 12.7 Å². The minimum atomic E-state index is 0.423. The number of allylic oxidation sites excluding steroid dienone is 1. The summed E-state index contributed by atoms with van der Waals surface area (Å²) in [6.45, 7) is 6.54. The summed E-state index contributed by atoms with van der Waals surface area (Å²) in [6.07, 6.45) is 4.53. The van der Waals surface area contributed by atoms with Crippen molar-refractivity contribution in [1.82, 2.24) is 5.32 Å². The van der Waals surface area contributed by atoms with Crippen molar-refractivity contribution in [3.8, 4) is 0 Å². The van der Waals surface area contributed by atoms with E-state index in [1.807, 2.05) is 6.08 Å². The maximum absolute atomic E-state index is 5.47. The fraction of sp³-hybridized carbons (Fsp3) is 0.750. The number of nitrogens with one attached hydrogen (secondary N) is 1. The van der Waals surface area contributed by atoms with Crippen LogP contribution in [0.3, 0.4) is 0 Å². The van der Waals surface area contributed by atoms with E-state index in [9.17, 15) is 0 Å². The van der Waals surface area contributed by atoms with Crippen molar-refractivity contribution in [1.29, 1.82) is 0 Å². The Morgan fingerprint density at radius 3 is 3.20 bits per heavy atom. The van der Waals surface area contributed by atoms with Gasteiger partial charge in [-0.05, 0) is 12.8 Å². The predicted molar refractivity (Wildman–Crippen MR) is 42.0 cm³/mol. The molecule has 1 unspecified atom stereocenters. The van der Waals surface area contributed by atoms with Gasteiger partial charge in [-0.1, -0.05) is 6.08 Å². The fourth-order valence-electron chi connectivity index (χ4n) is 1.11. The molecular formula is C8H15NO. The van der Waals surface area contributed by atoms with Crippen LogP contribution in [0.5, 0.6) is 0 Å². The molecule has 1 aliphatic rings. The molecule has 0 aromatic carbocycles. The Labute approximate surface area is 62.3 Å². The molecule has 2 heteroatoms. The normalized spacial score (nSPS) is 26.2. The first-order valence-corrected chi connectivity index (χ1v) is 3.86. The lowest BCUT2D eigenvalue weighted by molar-refractivity contribution is 0.0242. The van der Waals surface area contributed by atoms with E-state index in [1.165, 1.54) is 0 Å². The molecule has 1 saturated heterocycles. The van der Waals surface area contributed by atoms with Crippen molar-refractivity contribution in [3.63, 3.8) is 0 Å². The summed E-state index contributed by atoms with van der Waals surface area (Å²) < 4.78 is 5.47. The van der Waals surface area contributed by atoms with E-state index in [-0.39, 0.29) is 0 Å². The smallest absolute Gasteiger partial charge is 0.0703 e. The number of morpholine rings is 1. The van der Waals surface area contributed by atoms with Crippen LogP contribution >= 0.6 is 0 Å². The molecule has 10 heavy (non-hydrogen) atoms. The zero-order valence-corrected chi connectivity index (χ0v) is 6.31.